The molecule has 1 fully saturated rings. The second-order valence-corrected chi connectivity index (χ2v) is 6.95. The first kappa shape index (κ1) is 21.9. The first-order valence-corrected chi connectivity index (χ1v) is 8.68. The fraction of sp³-hybridized carbons (Fsp3) is 0.278. The average molecular weight is 428 g/mol. The van der Waals surface area contributed by atoms with Crippen molar-refractivity contribution in [1.29, 1.82) is 0 Å². The Labute approximate surface area is 168 Å². The number of ether oxygens (including phenoxy) is 2. The summed E-state index contributed by atoms with van der Waals surface area (Å²) in [6, 6.07) is 5.07. The SMILES string of the molecule is CC1(Oc2ccc(NC(=O)Nc3ccc(B(O)O)cc3F)cc2C(F)(F)F)COC1. The van der Waals surface area contributed by atoms with E-state index in [1.165, 1.54) is 12.1 Å². The Bertz CT molecular complexity index is 951. The molecule has 160 valence electrons. The van der Waals surface area contributed by atoms with E-state index in [1.54, 1.807) is 6.92 Å². The van der Waals surface area contributed by atoms with Gasteiger partial charge in [-0.3, -0.25) is 0 Å². The second-order valence-electron chi connectivity index (χ2n) is 6.95. The van der Waals surface area contributed by atoms with E-state index in [-0.39, 0.29) is 30.1 Å². The second kappa shape index (κ2) is 8.13. The molecule has 2 aromatic rings. The molecule has 1 aliphatic rings. The van der Waals surface area contributed by atoms with Gasteiger partial charge < -0.3 is 30.2 Å². The Morgan fingerprint density at radius 3 is 2.40 bits per heavy atom. The number of amides is 2. The molecular weight excluding hydrogens is 411 g/mol. The molecule has 7 nitrogen and oxygen atoms in total. The number of hydrogen-bond acceptors (Lipinski definition) is 5. The zero-order valence-corrected chi connectivity index (χ0v) is 15.6. The van der Waals surface area contributed by atoms with Crippen LogP contribution in [-0.2, 0) is 10.9 Å². The van der Waals surface area contributed by atoms with E-state index in [0.717, 1.165) is 18.2 Å². The lowest BCUT2D eigenvalue weighted by Gasteiger charge is -2.38. The molecule has 3 rings (SSSR count). The van der Waals surface area contributed by atoms with Crippen molar-refractivity contribution in [2.45, 2.75) is 18.7 Å². The van der Waals surface area contributed by atoms with E-state index in [1.807, 2.05) is 0 Å². The van der Waals surface area contributed by atoms with Crippen LogP contribution in [0.2, 0.25) is 0 Å². The van der Waals surface area contributed by atoms with E-state index in [2.05, 4.69) is 10.6 Å². The highest BCUT2D eigenvalue weighted by Gasteiger charge is 2.40. The number of rotatable bonds is 5. The van der Waals surface area contributed by atoms with E-state index in [4.69, 9.17) is 19.5 Å². The number of carbonyl (C=O) groups excluding carboxylic acids is 1. The lowest BCUT2D eigenvalue weighted by atomic mass is 9.80. The Balaban J connectivity index is 1.75. The van der Waals surface area contributed by atoms with Crippen LogP contribution in [0.5, 0.6) is 5.75 Å². The van der Waals surface area contributed by atoms with Gasteiger partial charge in [-0.25, -0.2) is 9.18 Å². The minimum atomic E-state index is -4.74. The van der Waals surface area contributed by atoms with E-state index >= 15 is 0 Å². The van der Waals surface area contributed by atoms with Crippen LogP contribution in [0.1, 0.15) is 12.5 Å². The number of benzene rings is 2. The fourth-order valence-electron chi connectivity index (χ4n) is 2.71. The summed E-state index contributed by atoms with van der Waals surface area (Å²) in [6.07, 6.45) is -4.74. The first-order chi connectivity index (χ1) is 14.0. The normalized spacial score (nSPS) is 15.2. The molecule has 0 bridgehead atoms. The number of halogens is 4. The Kier molecular flexibility index (Phi) is 5.93. The number of nitrogens with one attached hydrogen (secondary N) is 2. The molecule has 0 spiro atoms. The van der Waals surface area contributed by atoms with Crippen molar-refractivity contribution in [3.05, 3.63) is 47.8 Å². The van der Waals surface area contributed by atoms with Gasteiger partial charge in [-0.1, -0.05) is 6.07 Å². The van der Waals surface area contributed by atoms with E-state index < -0.39 is 42.1 Å². The lowest BCUT2D eigenvalue weighted by molar-refractivity contribution is -0.160. The van der Waals surface area contributed by atoms with Gasteiger partial charge >= 0.3 is 19.3 Å². The number of carbonyl (C=O) groups is 1. The molecule has 0 atom stereocenters. The smallest absolute Gasteiger partial charge is 0.482 e. The Morgan fingerprint density at radius 1 is 1.17 bits per heavy atom. The van der Waals surface area contributed by atoms with Gasteiger partial charge in [-0.2, -0.15) is 13.2 Å². The highest BCUT2D eigenvalue weighted by atomic mass is 19.4. The third kappa shape index (κ3) is 5.01. The van der Waals surface area contributed by atoms with Crippen molar-refractivity contribution < 1.29 is 41.9 Å². The standard InChI is InChI=1S/C18H17BF4N2O5/c1-17(8-29-9-17)30-15-5-3-11(7-12(15)18(21,22)23)24-16(26)25-14-4-2-10(19(27)28)6-13(14)20/h2-7,27-28H,8-9H2,1H3,(H2,24,25,26). The molecule has 0 aliphatic carbocycles. The summed E-state index contributed by atoms with van der Waals surface area (Å²) in [5, 5.41) is 22.3. The molecule has 1 aliphatic heterocycles. The summed E-state index contributed by atoms with van der Waals surface area (Å²) in [5.74, 6) is -1.35. The molecule has 2 aromatic carbocycles. The van der Waals surface area contributed by atoms with E-state index in [0.29, 0.717) is 6.07 Å². The molecule has 0 unspecified atom stereocenters. The number of anilines is 2. The largest absolute Gasteiger partial charge is 0.488 e. The predicted molar refractivity (Wildman–Crippen MR) is 100 cm³/mol. The van der Waals surface area contributed by atoms with Gasteiger partial charge in [0.2, 0.25) is 0 Å². The molecule has 4 N–H and O–H groups in total. The summed E-state index contributed by atoms with van der Waals surface area (Å²) in [5.41, 5.74) is -2.57. The number of hydrogen-bond donors (Lipinski definition) is 4. The zero-order valence-electron chi connectivity index (χ0n) is 15.6. The van der Waals surface area contributed by atoms with Gasteiger partial charge in [0.25, 0.3) is 0 Å². The maximum absolute atomic E-state index is 13.9. The molecule has 0 radical (unpaired) electrons. The highest BCUT2D eigenvalue weighted by molar-refractivity contribution is 6.58. The van der Waals surface area contributed by atoms with Gasteiger partial charge in [-0.15, -0.1) is 0 Å². The first-order valence-electron chi connectivity index (χ1n) is 8.68. The third-order valence-electron chi connectivity index (χ3n) is 4.25. The van der Waals surface area contributed by atoms with Crippen LogP contribution >= 0.6 is 0 Å². The Hall–Kier alpha value is -2.83. The van der Waals surface area contributed by atoms with Gasteiger partial charge in [-0.05, 0) is 42.7 Å². The van der Waals surface area contributed by atoms with Crippen LogP contribution in [0.25, 0.3) is 0 Å². The van der Waals surface area contributed by atoms with Crippen molar-refractivity contribution in [2.75, 3.05) is 23.8 Å². The van der Waals surface area contributed by atoms with Gasteiger partial charge in [0.05, 0.1) is 24.5 Å². The monoisotopic (exact) mass is 428 g/mol. The molecule has 0 aromatic heterocycles. The molecule has 12 heteroatoms. The number of alkyl halides is 3. The summed E-state index contributed by atoms with van der Waals surface area (Å²) in [7, 11) is -1.89. The van der Waals surface area contributed by atoms with Crippen molar-refractivity contribution in [3.63, 3.8) is 0 Å². The fourth-order valence-corrected chi connectivity index (χ4v) is 2.71. The summed E-state index contributed by atoms with van der Waals surface area (Å²) < 4.78 is 64.6. The third-order valence-corrected chi connectivity index (χ3v) is 4.25. The zero-order chi connectivity index (χ0) is 22.1. The van der Waals surface area contributed by atoms with Crippen LogP contribution in [0.15, 0.2) is 36.4 Å². The molecule has 1 heterocycles. The highest BCUT2D eigenvalue weighted by Crippen LogP contribution is 2.40. The average Bonchev–Trinajstić information content (AvgIpc) is 2.62. The maximum atomic E-state index is 13.9. The van der Waals surface area contributed by atoms with Crippen LogP contribution in [-0.4, -0.2) is 42.0 Å². The van der Waals surface area contributed by atoms with E-state index in [9.17, 15) is 22.4 Å². The predicted octanol–water partition coefficient (Wildman–Crippen LogP) is 2.34. The van der Waals surface area contributed by atoms with Crippen LogP contribution in [0.4, 0.5) is 33.7 Å². The lowest BCUT2D eigenvalue weighted by Crippen LogP contribution is -2.51. The van der Waals surface area contributed by atoms with Crippen LogP contribution in [0.3, 0.4) is 0 Å². The minimum Gasteiger partial charge on any atom is -0.482 e. The van der Waals surface area contributed by atoms with Gasteiger partial charge in [0.1, 0.15) is 11.6 Å². The van der Waals surface area contributed by atoms with Crippen molar-refractivity contribution in [2.24, 2.45) is 0 Å². The van der Waals surface area contributed by atoms with Crippen molar-refractivity contribution >= 4 is 30.0 Å². The topological polar surface area (TPSA) is 100 Å². The maximum Gasteiger partial charge on any atom is 0.488 e. The van der Waals surface area contributed by atoms with Crippen LogP contribution < -0.4 is 20.8 Å². The summed E-state index contributed by atoms with van der Waals surface area (Å²) in [4.78, 5) is 12.1. The van der Waals surface area contributed by atoms with Crippen LogP contribution in [0, 0.1) is 5.82 Å². The molecule has 30 heavy (non-hydrogen) atoms. The number of urea groups is 1. The van der Waals surface area contributed by atoms with Crippen molar-refractivity contribution in [3.8, 4) is 5.75 Å². The minimum absolute atomic E-state index is 0.130. The van der Waals surface area contributed by atoms with Gasteiger partial charge in [0.15, 0.2) is 5.60 Å². The summed E-state index contributed by atoms with van der Waals surface area (Å²) in [6.45, 7) is 1.93. The van der Waals surface area contributed by atoms with Gasteiger partial charge in [0, 0.05) is 5.69 Å². The molecule has 0 saturated carbocycles. The quantitative estimate of drug-likeness (QED) is 0.433. The molecule has 1 saturated heterocycles. The summed E-state index contributed by atoms with van der Waals surface area (Å²) >= 11 is 0. The van der Waals surface area contributed by atoms with Crippen molar-refractivity contribution in [1.82, 2.24) is 0 Å². The molecular formula is C18H17BF4N2O5. The Morgan fingerprint density at radius 2 is 1.87 bits per heavy atom. The molecule has 2 amide bonds.